The summed E-state index contributed by atoms with van der Waals surface area (Å²) in [6.45, 7) is 10.4. The zero-order valence-corrected chi connectivity index (χ0v) is 13.8. The summed E-state index contributed by atoms with van der Waals surface area (Å²) in [4.78, 5) is 0. The van der Waals surface area contributed by atoms with Crippen LogP contribution in [0.5, 0.6) is 0 Å². The van der Waals surface area contributed by atoms with Crippen molar-refractivity contribution in [1.82, 2.24) is 0 Å². The van der Waals surface area contributed by atoms with Crippen LogP contribution in [-0.4, -0.2) is 6.54 Å². The van der Waals surface area contributed by atoms with E-state index in [-0.39, 0.29) is 0 Å². The molecule has 1 aliphatic rings. The van der Waals surface area contributed by atoms with E-state index in [2.05, 4.69) is 27.7 Å². The molecule has 0 aromatic carbocycles. The zero-order valence-electron chi connectivity index (χ0n) is 13.8. The standard InChI is InChI=1S/C18H37N/c1-5-14(2)15(3)8-6-7-9-17-10-11-18(17)16(4)12-13-19/h14-18H,5-13,19H2,1-4H3. The van der Waals surface area contributed by atoms with Gasteiger partial charge < -0.3 is 5.73 Å². The molecule has 5 unspecified atom stereocenters. The van der Waals surface area contributed by atoms with Crippen LogP contribution in [0.3, 0.4) is 0 Å². The highest BCUT2D eigenvalue weighted by molar-refractivity contribution is 4.84. The molecule has 0 bridgehead atoms. The first-order valence-corrected chi connectivity index (χ1v) is 8.80. The summed E-state index contributed by atoms with van der Waals surface area (Å²) >= 11 is 0. The topological polar surface area (TPSA) is 26.0 Å². The van der Waals surface area contributed by atoms with Crippen LogP contribution in [0.25, 0.3) is 0 Å². The Morgan fingerprint density at radius 2 is 1.74 bits per heavy atom. The third kappa shape index (κ3) is 5.45. The number of unbranched alkanes of at least 4 members (excludes halogenated alkanes) is 1. The van der Waals surface area contributed by atoms with Gasteiger partial charge in [-0.3, -0.25) is 0 Å². The second-order valence-electron chi connectivity index (χ2n) is 7.20. The van der Waals surface area contributed by atoms with Crippen LogP contribution in [-0.2, 0) is 0 Å². The van der Waals surface area contributed by atoms with E-state index < -0.39 is 0 Å². The van der Waals surface area contributed by atoms with Gasteiger partial charge in [0.1, 0.15) is 0 Å². The molecule has 0 heterocycles. The summed E-state index contributed by atoms with van der Waals surface area (Å²) in [5.41, 5.74) is 5.69. The van der Waals surface area contributed by atoms with E-state index in [0.717, 1.165) is 36.1 Å². The van der Waals surface area contributed by atoms with E-state index in [9.17, 15) is 0 Å². The van der Waals surface area contributed by atoms with Gasteiger partial charge in [0, 0.05) is 0 Å². The number of hydrogen-bond acceptors (Lipinski definition) is 1. The maximum absolute atomic E-state index is 5.69. The lowest BCUT2D eigenvalue weighted by Gasteiger charge is -2.41. The van der Waals surface area contributed by atoms with Crippen LogP contribution in [0.1, 0.15) is 79.1 Å². The molecule has 0 radical (unpaired) electrons. The fourth-order valence-electron chi connectivity index (χ4n) is 3.74. The predicted molar refractivity (Wildman–Crippen MR) is 86.1 cm³/mol. The number of nitrogens with two attached hydrogens (primary N) is 1. The lowest BCUT2D eigenvalue weighted by atomic mass is 9.65. The van der Waals surface area contributed by atoms with E-state index in [4.69, 9.17) is 5.73 Å². The van der Waals surface area contributed by atoms with E-state index >= 15 is 0 Å². The molecule has 114 valence electrons. The molecule has 0 aliphatic heterocycles. The van der Waals surface area contributed by atoms with E-state index in [1.165, 1.54) is 51.4 Å². The molecule has 1 fully saturated rings. The highest BCUT2D eigenvalue weighted by Crippen LogP contribution is 2.43. The third-order valence-corrected chi connectivity index (χ3v) is 5.93. The first kappa shape index (κ1) is 17.0. The van der Waals surface area contributed by atoms with Gasteiger partial charge >= 0.3 is 0 Å². The number of rotatable bonds is 10. The van der Waals surface area contributed by atoms with E-state index in [1.807, 2.05) is 0 Å². The van der Waals surface area contributed by atoms with Crippen LogP contribution in [0.2, 0.25) is 0 Å². The van der Waals surface area contributed by atoms with Crippen molar-refractivity contribution in [3.63, 3.8) is 0 Å². The fourth-order valence-corrected chi connectivity index (χ4v) is 3.74. The lowest BCUT2D eigenvalue weighted by molar-refractivity contribution is 0.0975. The van der Waals surface area contributed by atoms with Gasteiger partial charge in [-0.05, 0) is 55.4 Å². The largest absolute Gasteiger partial charge is 0.330 e. The third-order valence-electron chi connectivity index (χ3n) is 5.93. The second kappa shape index (κ2) is 9.00. The Morgan fingerprint density at radius 3 is 2.26 bits per heavy atom. The van der Waals surface area contributed by atoms with Gasteiger partial charge in [0.05, 0.1) is 0 Å². The second-order valence-corrected chi connectivity index (χ2v) is 7.20. The Hall–Kier alpha value is -0.0400. The van der Waals surface area contributed by atoms with Crippen LogP contribution >= 0.6 is 0 Å². The maximum atomic E-state index is 5.69. The van der Waals surface area contributed by atoms with Crippen molar-refractivity contribution >= 4 is 0 Å². The molecule has 5 atom stereocenters. The minimum Gasteiger partial charge on any atom is -0.330 e. The molecule has 1 saturated carbocycles. The SMILES string of the molecule is CCC(C)C(C)CCCCC1CCC1C(C)CCN. The average molecular weight is 268 g/mol. The summed E-state index contributed by atoms with van der Waals surface area (Å²) in [7, 11) is 0. The van der Waals surface area contributed by atoms with Crippen LogP contribution in [0.15, 0.2) is 0 Å². The molecular weight excluding hydrogens is 230 g/mol. The summed E-state index contributed by atoms with van der Waals surface area (Å²) < 4.78 is 0. The average Bonchev–Trinajstić information content (AvgIpc) is 2.36. The van der Waals surface area contributed by atoms with Gasteiger partial charge in [-0.15, -0.1) is 0 Å². The molecule has 1 nitrogen and oxygen atoms in total. The van der Waals surface area contributed by atoms with E-state index in [0.29, 0.717) is 0 Å². The van der Waals surface area contributed by atoms with Gasteiger partial charge in [-0.25, -0.2) is 0 Å². The molecule has 1 heteroatoms. The molecule has 0 aromatic heterocycles. The predicted octanol–water partition coefficient (Wildman–Crippen LogP) is 5.24. The Bertz CT molecular complexity index is 226. The molecule has 2 N–H and O–H groups in total. The quantitative estimate of drug-likeness (QED) is 0.538. The fraction of sp³-hybridized carbons (Fsp3) is 1.00. The molecule has 1 rings (SSSR count). The zero-order chi connectivity index (χ0) is 14.3. The van der Waals surface area contributed by atoms with Crippen molar-refractivity contribution in [1.29, 1.82) is 0 Å². The Kier molecular flexibility index (Phi) is 8.06. The molecule has 0 saturated heterocycles. The molecule has 0 amide bonds. The highest BCUT2D eigenvalue weighted by Gasteiger charge is 2.33. The minimum absolute atomic E-state index is 0.864. The molecular formula is C18H37N. The molecule has 0 spiro atoms. The van der Waals surface area contributed by atoms with Gasteiger partial charge in [0.15, 0.2) is 0 Å². The Morgan fingerprint density at radius 1 is 1.00 bits per heavy atom. The van der Waals surface area contributed by atoms with Crippen molar-refractivity contribution in [2.75, 3.05) is 6.54 Å². The smallest absolute Gasteiger partial charge is 0.00746 e. The Labute approximate surface area is 121 Å². The summed E-state index contributed by atoms with van der Waals surface area (Å²) in [5, 5.41) is 0. The van der Waals surface area contributed by atoms with Crippen molar-refractivity contribution < 1.29 is 0 Å². The van der Waals surface area contributed by atoms with E-state index in [1.54, 1.807) is 0 Å². The summed E-state index contributed by atoms with van der Waals surface area (Å²) in [6.07, 6.45) is 11.3. The molecule has 0 aromatic rings. The van der Waals surface area contributed by atoms with Crippen LogP contribution < -0.4 is 5.73 Å². The first-order chi connectivity index (χ1) is 9.10. The monoisotopic (exact) mass is 267 g/mol. The molecule has 1 aliphatic carbocycles. The van der Waals surface area contributed by atoms with Gasteiger partial charge in [-0.2, -0.15) is 0 Å². The lowest BCUT2D eigenvalue weighted by Crippen LogP contribution is -2.32. The van der Waals surface area contributed by atoms with Crippen LogP contribution in [0.4, 0.5) is 0 Å². The van der Waals surface area contributed by atoms with Gasteiger partial charge in [-0.1, -0.05) is 59.8 Å². The minimum atomic E-state index is 0.864. The van der Waals surface area contributed by atoms with Gasteiger partial charge in [0.2, 0.25) is 0 Å². The molecule has 19 heavy (non-hydrogen) atoms. The van der Waals surface area contributed by atoms with Crippen LogP contribution in [0, 0.1) is 29.6 Å². The van der Waals surface area contributed by atoms with Gasteiger partial charge in [0.25, 0.3) is 0 Å². The summed E-state index contributed by atoms with van der Waals surface area (Å²) in [6, 6.07) is 0. The first-order valence-electron chi connectivity index (χ1n) is 8.80. The van der Waals surface area contributed by atoms with Crippen molar-refractivity contribution in [3.05, 3.63) is 0 Å². The number of hydrogen-bond donors (Lipinski definition) is 1. The maximum Gasteiger partial charge on any atom is -0.00746 e. The van der Waals surface area contributed by atoms with Crippen molar-refractivity contribution in [3.8, 4) is 0 Å². The normalized spacial score (nSPS) is 27.6. The van der Waals surface area contributed by atoms with Crippen molar-refractivity contribution in [2.45, 2.75) is 79.1 Å². The highest BCUT2D eigenvalue weighted by atomic mass is 14.5. The van der Waals surface area contributed by atoms with Crippen molar-refractivity contribution in [2.24, 2.45) is 35.3 Å². The Balaban J connectivity index is 2.10. The summed E-state index contributed by atoms with van der Waals surface area (Å²) in [5.74, 6) is 4.71.